The van der Waals surface area contributed by atoms with Crippen LogP contribution in [0.25, 0.3) is 0 Å². The molecule has 2 amide bonds. The third-order valence-electron chi connectivity index (χ3n) is 2.77. The molecule has 1 aromatic rings. The third kappa shape index (κ3) is 3.97. The molecule has 10 heteroatoms. The monoisotopic (exact) mass is 334 g/mol. The van der Waals surface area contributed by atoms with Gasteiger partial charge in [0.25, 0.3) is 11.8 Å². The molecule has 0 saturated carbocycles. The number of rotatable bonds is 5. The van der Waals surface area contributed by atoms with E-state index in [0.29, 0.717) is 11.0 Å². The number of nitrogens with one attached hydrogen (secondary N) is 1. The minimum Gasteiger partial charge on any atom is -0.403 e. The van der Waals surface area contributed by atoms with Gasteiger partial charge in [0.2, 0.25) is 0 Å². The highest BCUT2D eigenvalue weighted by molar-refractivity contribution is 6.17. The molecule has 0 bridgehead atoms. The molecular formula is C13H10F4N2O4. The van der Waals surface area contributed by atoms with Crippen molar-refractivity contribution in [3.63, 3.8) is 0 Å². The minimum absolute atomic E-state index is 0.255. The average Bonchev–Trinajstić information content (AvgIpc) is 2.68. The van der Waals surface area contributed by atoms with Crippen molar-refractivity contribution in [3.8, 4) is 5.75 Å². The predicted octanol–water partition coefficient (Wildman–Crippen LogP) is 1.38. The van der Waals surface area contributed by atoms with E-state index in [4.69, 9.17) is 5.11 Å². The summed E-state index contributed by atoms with van der Waals surface area (Å²) in [5.74, 6) is -3.42. The molecule has 1 aromatic carbocycles. The standard InChI is InChI=1S/C13H10F4N2O4/c14-7-1-2-8(10(5-7)23-13(15,16)17)18-9-6-11(21)19(3-4-20)12(9)22/h1-2,5-6,18,20H,3-4H2. The fourth-order valence-electron chi connectivity index (χ4n) is 1.86. The lowest BCUT2D eigenvalue weighted by atomic mass is 10.2. The minimum atomic E-state index is -5.06. The van der Waals surface area contributed by atoms with E-state index in [1.54, 1.807) is 0 Å². The van der Waals surface area contributed by atoms with Crippen LogP contribution in [0.5, 0.6) is 5.75 Å². The van der Waals surface area contributed by atoms with Crippen molar-refractivity contribution in [2.45, 2.75) is 6.36 Å². The van der Waals surface area contributed by atoms with Crippen LogP contribution in [0.1, 0.15) is 0 Å². The normalized spacial score (nSPS) is 15.0. The molecule has 0 spiro atoms. The Balaban J connectivity index is 2.25. The van der Waals surface area contributed by atoms with Gasteiger partial charge in [-0.1, -0.05) is 0 Å². The second kappa shape index (κ2) is 6.24. The maximum atomic E-state index is 13.1. The number of alkyl halides is 3. The summed E-state index contributed by atoms with van der Waals surface area (Å²) in [5.41, 5.74) is -0.663. The average molecular weight is 334 g/mol. The number of carbonyl (C=O) groups is 2. The smallest absolute Gasteiger partial charge is 0.403 e. The lowest BCUT2D eigenvalue weighted by Crippen LogP contribution is -2.34. The fourth-order valence-corrected chi connectivity index (χ4v) is 1.86. The second-order valence-electron chi connectivity index (χ2n) is 4.39. The fraction of sp³-hybridized carbons (Fsp3) is 0.231. The molecule has 124 valence electrons. The van der Waals surface area contributed by atoms with Gasteiger partial charge in [0.1, 0.15) is 11.5 Å². The molecule has 0 aromatic heterocycles. The van der Waals surface area contributed by atoms with Crippen LogP contribution in [0.4, 0.5) is 23.2 Å². The molecule has 1 heterocycles. The quantitative estimate of drug-likeness (QED) is 0.628. The van der Waals surface area contributed by atoms with E-state index in [1.807, 2.05) is 0 Å². The Morgan fingerprint density at radius 3 is 2.57 bits per heavy atom. The predicted molar refractivity (Wildman–Crippen MR) is 68.6 cm³/mol. The second-order valence-corrected chi connectivity index (χ2v) is 4.39. The summed E-state index contributed by atoms with van der Waals surface area (Å²) >= 11 is 0. The highest BCUT2D eigenvalue weighted by atomic mass is 19.4. The van der Waals surface area contributed by atoms with Crippen molar-refractivity contribution in [1.29, 1.82) is 0 Å². The first-order valence-electron chi connectivity index (χ1n) is 6.22. The van der Waals surface area contributed by atoms with Crippen molar-refractivity contribution >= 4 is 17.5 Å². The number of amides is 2. The number of β-amino-alcohol motifs (C(OH)–C–C–N with tert-alkyl or cyclic N) is 1. The number of hydrogen-bond acceptors (Lipinski definition) is 5. The van der Waals surface area contributed by atoms with Crippen LogP contribution in [-0.4, -0.2) is 41.3 Å². The first-order valence-corrected chi connectivity index (χ1v) is 6.22. The zero-order valence-corrected chi connectivity index (χ0v) is 11.4. The van der Waals surface area contributed by atoms with Gasteiger partial charge in [-0.2, -0.15) is 0 Å². The number of carbonyl (C=O) groups excluding carboxylic acids is 2. The number of hydrogen-bond donors (Lipinski definition) is 2. The van der Waals surface area contributed by atoms with Gasteiger partial charge < -0.3 is 15.2 Å². The van der Waals surface area contributed by atoms with Crippen molar-refractivity contribution in [2.75, 3.05) is 18.5 Å². The number of anilines is 1. The van der Waals surface area contributed by atoms with Crippen LogP contribution >= 0.6 is 0 Å². The summed E-state index contributed by atoms with van der Waals surface area (Å²) in [6, 6.07) is 2.28. The number of aliphatic hydroxyl groups is 1. The molecule has 0 saturated heterocycles. The van der Waals surface area contributed by atoms with Gasteiger partial charge in [-0.25, -0.2) is 4.39 Å². The van der Waals surface area contributed by atoms with E-state index in [1.165, 1.54) is 0 Å². The van der Waals surface area contributed by atoms with E-state index in [9.17, 15) is 27.2 Å². The molecule has 23 heavy (non-hydrogen) atoms. The summed E-state index contributed by atoms with van der Waals surface area (Å²) in [5, 5.41) is 11.1. The Hall–Kier alpha value is -2.62. The number of ether oxygens (including phenoxy) is 1. The van der Waals surface area contributed by atoms with Crippen molar-refractivity contribution < 1.29 is 37.0 Å². The third-order valence-corrected chi connectivity index (χ3v) is 2.77. The molecule has 0 atom stereocenters. The van der Waals surface area contributed by atoms with Crippen LogP contribution in [-0.2, 0) is 9.59 Å². The van der Waals surface area contributed by atoms with Gasteiger partial charge >= 0.3 is 6.36 Å². The number of halogens is 4. The molecule has 2 rings (SSSR count). The van der Waals surface area contributed by atoms with Crippen LogP contribution in [0.2, 0.25) is 0 Å². The molecule has 0 radical (unpaired) electrons. The maximum absolute atomic E-state index is 13.1. The summed E-state index contributed by atoms with van der Waals surface area (Å²) in [6.45, 7) is -0.716. The Bertz CT molecular complexity index is 672. The molecule has 1 aliphatic rings. The maximum Gasteiger partial charge on any atom is 0.573 e. The van der Waals surface area contributed by atoms with Gasteiger partial charge in [0.05, 0.1) is 18.8 Å². The summed E-state index contributed by atoms with van der Waals surface area (Å²) in [6.07, 6.45) is -4.20. The SMILES string of the molecule is O=C1C=C(Nc2ccc(F)cc2OC(F)(F)F)C(=O)N1CCO. The molecule has 0 unspecified atom stereocenters. The number of benzene rings is 1. The summed E-state index contributed by atoms with van der Waals surface area (Å²) < 4.78 is 53.7. The van der Waals surface area contributed by atoms with E-state index in [2.05, 4.69) is 10.1 Å². The summed E-state index contributed by atoms with van der Waals surface area (Å²) in [4.78, 5) is 24.2. The molecular weight excluding hydrogens is 324 g/mol. The van der Waals surface area contributed by atoms with Gasteiger partial charge in [-0.05, 0) is 12.1 Å². The lowest BCUT2D eigenvalue weighted by Gasteiger charge is -2.16. The highest BCUT2D eigenvalue weighted by Gasteiger charge is 2.34. The lowest BCUT2D eigenvalue weighted by molar-refractivity contribution is -0.274. The number of nitrogens with zero attached hydrogens (tertiary/aromatic N) is 1. The zero-order chi connectivity index (χ0) is 17.2. The van der Waals surface area contributed by atoms with Gasteiger partial charge in [0, 0.05) is 12.1 Å². The molecule has 1 aliphatic heterocycles. The largest absolute Gasteiger partial charge is 0.573 e. The summed E-state index contributed by atoms with van der Waals surface area (Å²) in [7, 11) is 0. The molecule has 0 fully saturated rings. The highest BCUT2D eigenvalue weighted by Crippen LogP contribution is 2.32. The Labute approximate surface area is 126 Å². The Kier molecular flexibility index (Phi) is 4.55. The Morgan fingerprint density at radius 1 is 1.26 bits per heavy atom. The number of imide groups is 1. The van der Waals surface area contributed by atoms with Gasteiger partial charge in [-0.3, -0.25) is 14.5 Å². The van der Waals surface area contributed by atoms with Crippen LogP contribution in [0, 0.1) is 5.82 Å². The van der Waals surface area contributed by atoms with E-state index in [-0.39, 0.29) is 17.9 Å². The number of aliphatic hydroxyl groups excluding tert-OH is 1. The van der Waals surface area contributed by atoms with E-state index >= 15 is 0 Å². The molecule has 6 nitrogen and oxygen atoms in total. The van der Waals surface area contributed by atoms with E-state index < -0.39 is 36.4 Å². The Morgan fingerprint density at radius 2 is 1.96 bits per heavy atom. The van der Waals surface area contributed by atoms with Crippen molar-refractivity contribution in [1.82, 2.24) is 4.90 Å². The molecule has 0 aliphatic carbocycles. The zero-order valence-electron chi connectivity index (χ0n) is 11.4. The van der Waals surface area contributed by atoms with Gasteiger partial charge in [-0.15, -0.1) is 13.2 Å². The first-order chi connectivity index (χ1) is 10.7. The van der Waals surface area contributed by atoms with E-state index in [0.717, 1.165) is 18.2 Å². The van der Waals surface area contributed by atoms with Crippen LogP contribution < -0.4 is 10.1 Å². The molecule has 2 N–H and O–H groups in total. The van der Waals surface area contributed by atoms with Crippen LogP contribution in [0.3, 0.4) is 0 Å². The van der Waals surface area contributed by atoms with Crippen molar-refractivity contribution in [3.05, 3.63) is 35.8 Å². The van der Waals surface area contributed by atoms with Crippen LogP contribution in [0.15, 0.2) is 30.0 Å². The van der Waals surface area contributed by atoms with Gasteiger partial charge in [0.15, 0.2) is 5.75 Å². The first kappa shape index (κ1) is 16.7. The van der Waals surface area contributed by atoms with Crippen molar-refractivity contribution in [2.24, 2.45) is 0 Å². The topological polar surface area (TPSA) is 78.9 Å².